The summed E-state index contributed by atoms with van der Waals surface area (Å²) < 4.78 is 18.8. The summed E-state index contributed by atoms with van der Waals surface area (Å²) in [5.41, 5.74) is 7.68. The van der Waals surface area contributed by atoms with Crippen molar-refractivity contribution in [2.75, 3.05) is 20.3 Å². The molecule has 0 saturated carbocycles. The van der Waals surface area contributed by atoms with Crippen molar-refractivity contribution in [1.82, 2.24) is 15.3 Å². The average Bonchev–Trinajstić information content (AvgIpc) is 3.31. The minimum Gasteiger partial charge on any atom is -0.497 e. The van der Waals surface area contributed by atoms with Gasteiger partial charge in [-0.3, -0.25) is 25.6 Å². The topological polar surface area (TPSA) is 119 Å². The van der Waals surface area contributed by atoms with Gasteiger partial charge >= 0.3 is 5.97 Å². The zero-order valence-corrected chi connectivity index (χ0v) is 22.9. The lowest BCUT2D eigenvalue weighted by Crippen LogP contribution is -2.18. The molecule has 0 atom stereocenters. The molecule has 0 unspecified atom stereocenters. The van der Waals surface area contributed by atoms with Crippen molar-refractivity contribution in [3.8, 4) is 33.9 Å². The first-order chi connectivity index (χ1) is 18.8. The van der Waals surface area contributed by atoms with Gasteiger partial charge in [0.15, 0.2) is 0 Å². The van der Waals surface area contributed by atoms with Gasteiger partial charge in [0.25, 0.3) is 0 Å². The normalized spacial score (nSPS) is 11.1. The van der Waals surface area contributed by atoms with E-state index in [1.54, 1.807) is 13.2 Å². The van der Waals surface area contributed by atoms with Gasteiger partial charge in [-0.25, -0.2) is 0 Å². The van der Waals surface area contributed by atoms with Crippen LogP contribution >= 0.6 is 0 Å². The van der Waals surface area contributed by atoms with Gasteiger partial charge in [-0.2, -0.15) is 5.10 Å². The molecule has 0 amide bonds. The quantitative estimate of drug-likeness (QED) is 0.103. The lowest BCUT2D eigenvalue weighted by Gasteiger charge is -2.14. The number of aromatic nitrogens is 2. The molecule has 0 fully saturated rings. The van der Waals surface area contributed by atoms with Gasteiger partial charge in [0.2, 0.25) is 0 Å². The van der Waals surface area contributed by atoms with Crippen LogP contribution < -0.4 is 15.0 Å². The highest BCUT2D eigenvalue weighted by atomic mass is 16.5. The first-order valence-corrected chi connectivity index (χ1v) is 12.9. The Bertz CT molecular complexity index is 1510. The van der Waals surface area contributed by atoms with Crippen LogP contribution in [0.25, 0.3) is 33.3 Å². The number of methoxy groups -OCH3 is 1. The lowest BCUT2D eigenvalue weighted by atomic mass is 9.96. The van der Waals surface area contributed by atoms with E-state index in [1.165, 1.54) is 6.92 Å². The Morgan fingerprint density at radius 2 is 1.92 bits per heavy atom. The van der Waals surface area contributed by atoms with Gasteiger partial charge in [0.1, 0.15) is 23.0 Å². The Kier molecular flexibility index (Phi) is 8.51. The van der Waals surface area contributed by atoms with Crippen LogP contribution in [-0.2, 0) is 16.0 Å². The van der Waals surface area contributed by atoms with E-state index in [0.29, 0.717) is 30.1 Å². The smallest absolute Gasteiger partial charge is 0.302 e. The van der Waals surface area contributed by atoms with E-state index in [0.717, 1.165) is 38.9 Å². The molecule has 9 nitrogen and oxygen atoms in total. The number of benzene rings is 3. The number of carbonyl (C=O) groups excluding carboxylic acids is 1. The van der Waals surface area contributed by atoms with Gasteiger partial charge in [-0.05, 0) is 73.9 Å². The fourth-order valence-corrected chi connectivity index (χ4v) is 4.63. The number of hydroxylamine groups is 1. The number of esters is 1. The zero-order chi connectivity index (χ0) is 28.1. The number of hydrogen-bond donors (Lipinski definition) is 3. The molecule has 0 aliphatic carbocycles. The van der Waals surface area contributed by atoms with Gasteiger partial charge in [0, 0.05) is 35.9 Å². The maximum absolute atomic E-state index is 11.4. The summed E-state index contributed by atoms with van der Waals surface area (Å²) in [6, 6.07) is 17.5. The molecule has 39 heavy (non-hydrogen) atoms. The summed E-state index contributed by atoms with van der Waals surface area (Å²) in [4.78, 5) is 11.4. The van der Waals surface area contributed by atoms with Crippen LogP contribution in [0.4, 0.5) is 0 Å². The standard InChI is InChI=1S/C30H34N4O5/c1-6-38-27-9-7-8-20(12-13-39-19(4)35)28(27)29-25-17-21(10-11-26(25)34(32-29)18(2)3)22-14-23(30(31)33-36)16-24(15-22)37-5/h7-11,14-18,36H,6,12-13H2,1-5H3,(H2,31,33). The number of amidine groups is 1. The molecule has 3 N–H and O–H groups in total. The number of hydrogen-bond acceptors (Lipinski definition) is 7. The van der Waals surface area contributed by atoms with E-state index in [-0.39, 0.29) is 24.5 Å². The molecule has 0 radical (unpaired) electrons. The van der Waals surface area contributed by atoms with Gasteiger partial charge < -0.3 is 14.2 Å². The van der Waals surface area contributed by atoms with Crippen LogP contribution in [0.1, 0.15) is 44.9 Å². The molecule has 0 aliphatic rings. The van der Waals surface area contributed by atoms with Crippen LogP contribution in [0, 0.1) is 5.41 Å². The molecule has 0 saturated heterocycles. The second-order valence-corrected chi connectivity index (χ2v) is 9.37. The Morgan fingerprint density at radius 1 is 1.13 bits per heavy atom. The third-order valence-corrected chi connectivity index (χ3v) is 6.40. The fraction of sp³-hybridized carbons (Fsp3) is 0.300. The molecule has 4 rings (SSSR count). The maximum atomic E-state index is 11.4. The molecular weight excluding hydrogens is 496 g/mol. The summed E-state index contributed by atoms with van der Waals surface area (Å²) in [6.07, 6.45) is 0.515. The Hall–Kier alpha value is -4.37. The van der Waals surface area contributed by atoms with E-state index >= 15 is 0 Å². The summed E-state index contributed by atoms with van der Waals surface area (Å²) in [5, 5.41) is 23.3. The number of nitrogens with one attached hydrogen (secondary N) is 2. The van der Waals surface area contributed by atoms with Crippen LogP contribution in [0.2, 0.25) is 0 Å². The molecule has 0 aliphatic heterocycles. The first kappa shape index (κ1) is 27.7. The van der Waals surface area contributed by atoms with Crippen molar-refractivity contribution in [3.05, 3.63) is 65.7 Å². The maximum Gasteiger partial charge on any atom is 0.302 e. The van der Waals surface area contributed by atoms with E-state index < -0.39 is 0 Å². The number of rotatable bonds is 10. The van der Waals surface area contributed by atoms with Crippen molar-refractivity contribution in [2.45, 2.75) is 40.2 Å². The number of fused-ring (bicyclic) bond motifs is 1. The van der Waals surface area contributed by atoms with Crippen molar-refractivity contribution < 1.29 is 24.2 Å². The molecular formula is C30H34N4O5. The Labute approximate surface area is 227 Å². The number of nitrogens with zero attached hydrogens (tertiary/aromatic N) is 2. The predicted molar refractivity (Wildman–Crippen MR) is 151 cm³/mol. The second-order valence-electron chi connectivity index (χ2n) is 9.37. The first-order valence-electron chi connectivity index (χ1n) is 12.9. The minimum atomic E-state index is -0.321. The lowest BCUT2D eigenvalue weighted by molar-refractivity contribution is -0.140. The van der Waals surface area contributed by atoms with E-state index in [4.69, 9.17) is 24.7 Å². The zero-order valence-electron chi connectivity index (χ0n) is 22.9. The number of ether oxygens (including phenoxy) is 3. The second kappa shape index (κ2) is 12.0. The van der Waals surface area contributed by atoms with Gasteiger partial charge in [-0.15, -0.1) is 0 Å². The van der Waals surface area contributed by atoms with Crippen molar-refractivity contribution in [3.63, 3.8) is 0 Å². The fourth-order valence-electron chi connectivity index (χ4n) is 4.63. The summed E-state index contributed by atoms with van der Waals surface area (Å²) in [7, 11) is 1.56. The highest BCUT2D eigenvalue weighted by Crippen LogP contribution is 2.40. The van der Waals surface area contributed by atoms with Crippen molar-refractivity contribution >= 4 is 22.7 Å². The molecule has 1 heterocycles. The summed E-state index contributed by atoms with van der Waals surface area (Å²) in [6.45, 7) is 8.26. The molecule has 9 heteroatoms. The van der Waals surface area contributed by atoms with Crippen LogP contribution in [0.5, 0.6) is 11.5 Å². The molecule has 204 valence electrons. The third-order valence-electron chi connectivity index (χ3n) is 6.40. The monoisotopic (exact) mass is 530 g/mol. The molecule has 3 aromatic carbocycles. The van der Waals surface area contributed by atoms with E-state index in [1.807, 2.05) is 59.6 Å². The third kappa shape index (κ3) is 5.88. The largest absolute Gasteiger partial charge is 0.497 e. The minimum absolute atomic E-state index is 0.107. The van der Waals surface area contributed by atoms with Crippen molar-refractivity contribution in [2.24, 2.45) is 0 Å². The van der Waals surface area contributed by atoms with E-state index in [9.17, 15) is 10.0 Å². The van der Waals surface area contributed by atoms with Gasteiger partial charge in [0.05, 0.1) is 25.8 Å². The molecule has 0 spiro atoms. The Balaban J connectivity index is 1.95. The van der Waals surface area contributed by atoms with Crippen LogP contribution in [0.15, 0.2) is 54.6 Å². The summed E-state index contributed by atoms with van der Waals surface area (Å²) in [5.74, 6) is 0.825. The highest BCUT2D eigenvalue weighted by Gasteiger charge is 2.21. The van der Waals surface area contributed by atoms with Crippen LogP contribution in [-0.4, -0.2) is 47.1 Å². The van der Waals surface area contributed by atoms with Crippen molar-refractivity contribution in [1.29, 1.82) is 5.41 Å². The summed E-state index contributed by atoms with van der Waals surface area (Å²) >= 11 is 0. The van der Waals surface area contributed by atoms with E-state index in [2.05, 4.69) is 19.9 Å². The Morgan fingerprint density at radius 3 is 2.59 bits per heavy atom. The predicted octanol–water partition coefficient (Wildman–Crippen LogP) is 5.77. The SMILES string of the molecule is CCOc1cccc(CCOC(C)=O)c1-c1nn(C(C)C)c2ccc(-c3cc(OC)cc(C(=N)NO)c3)cc12. The highest BCUT2D eigenvalue weighted by molar-refractivity contribution is 6.00. The van der Waals surface area contributed by atoms with Crippen LogP contribution in [0.3, 0.4) is 0 Å². The van der Waals surface area contributed by atoms with Gasteiger partial charge in [-0.1, -0.05) is 18.2 Å². The number of carbonyl (C=O) groups is 1. The molecule has 0 bridgehead atoms. The molecule has 4 aromatic rings. The molecule has 1 aromatic heterocycles. The average molecular weight is 531 g/mol.